The minimum absolute atomic E-state index is 0.266. The molecule has 1 aliphatic heterocycles. The van der Waals surface area contributed by atoms with Gasteiger partial charge in [0.2, 0.25) is 10.0 Å². The number of hydrogen-bond acceptors (Lipinski definition) is 4. The summed E-state index contributed by atoms with van der Waals surface area (Å²) >= 11 is 1.62. The average molecular weight is 358 g/mol. The maximum absolute atomic E-state index is 13.8. The van der Waals surface area contributed by atoms with Crippen molar-refractivity contribution in [2.24, 2.45) is 0 Å². The van der Waals surface area contributed by atoms with Crippen LogP contribution in [-0.4, -0.2) is 43.8 Å². The summed E-state index contributed by atoms with van der Waals surface area (Å²) in [5.41, 5.74) is 1.20. The van der Waals surface area contributed by atoms with Gasteiger partial charge in [-0.3, -0.25) is 4.90 Å². The fraction of sp³-hybridized carbons (Fsp3) is 0.333. The minimum atomic E-state index is -4.01. The van der Waals surface area contributed by atoms with E-state index in [1.54, 1.807) is 11.3 Å². The monoisotopic (exact) mass is 358 g/mol. The molecule has 0 unspecified atom stereocenters. The smallest absolute Gasteiger partial charge is 0.246 e. The van der Waals surface area contributed by atoms with Crippen LogP contribution in [0.5, 0.6) is 0 Å². The summed E-state index contributed by atoms with van der Waals surface area (Å²) in [6, 6.07) is 4.53. The lowest BCUT2D eigenvalue weighted by Gasteiger charge is -2.33. The zero-order chi connectivity index (χ0) is 16.4. The molecule has 0 bridgehead atoms. The number of thiophene rings is 1. The van der Waals surface area contributed by atoms with Gasteiger partial charge in [-0.1, -0.05) is 0 Å². The number of halogens is 2. The molecule has 1 fully saturated rings. The first kappa shape index (κ1) is 16.5. The third-order valence-corrected chi connectivity index (χ3v) is 6.47. The van der Waals surface area contributed by atoms with Gasteiger partial charge in [0, 0.05) is 32.7 Å². The van der Waals surface area contributed by atoms with Gasteiger partial charge in [0.25, 0.3) is 0 Å². The molecule has 1 saturated heterocycles. The predicted molar refractivity (Wildman–Crippen MR) is 84.7 cm³/mol. The van der Waals surface area contributed by atoms with Crippen molar-refractivity contribution in [1.82, 2.24) is 9.21 Å². The Balaban J connectivity index is 1.70. The predicted octanol–water partition coefficient (Wildman–Crippen LogP) is 2.53. The third kappa shape index (κ3) is 3.60. The van der Waals surface area contributed by atoms with Crippen LogP contribution >= 0.6 is 11.3 Å². The SMILES string of the molecule is O=S(=O)(c1cc(F)ccc1F)N1CCN(Cc2ccsc2)CC1. The van der Waals surface area contributed by atoms with Gasteiger partial charge < -0.3 is 0 Å². The van der Waals surface area contributed by atoms with Crippen LogP contribution in [0.2, 0.25) is 0 Å². The number of nitrogens with zero attached hydrogens (tertiary/aromatic N) is 2. The van der Waals surface area contributed by atoms with E-state index in [0.29, 0.717) is 13.1 Å². The van der Waals surface area contributed by atoms with Gasteiger partial charge in [0.15, 0.2) is 0 Å². The average Bonchev–Trinajstić information content (AvgIpc) is 3.03. The zero-order valence-electron chi connectivity index (χ0n) is 12.3. The highest BCUT2D eigenvalue weighted by molar-refractivity contribution is 7.89. The summed E-state index contributed by atoms with van der Waals surface area (Å²) in [5.74, 6) is -1.69. The molecule has 4 nitrogen and oxygen atoms in total. The molecule has 0 radical (unpaired) electrons. The molecular weight excluding hydrogens is 342 g/mol. The highest BCUT2D eigenvalue weighted by Crippen LogP contribution is 2.22. The highest BCUT2D eigenvalue weighted by atomic mass is 32.2. The normalized spacial score (nSPS) is 17.5. The highest BCUT2D eigenvalue weighted by Gasteiger charge is 2.30. The van der Waals surface area contributed by atoms with Gasteiger partial charge in [0.1, 0.15) is 16.5 Å². The van der Waals surface area contributed by atoms with Crippen molar-refractivity contribution in [3.05, 3.63) is 52.2 Å². The van der Waals surface area contributed by atoms with Crippen LogP contribution in [0.3, 0.4) is 0 Å². The summed E-state index contributed by atoms with van der Waals surface area (Å²) in [6.07, 6.45) is 0. The van der Waals surface area contributed by atoms with Crippen LogP contribution in [0.4, 0.5) is 8.78 Å². The van der Waals surface area contributed by atoms with Crippen molar-refractivity contribution < 1.29 is 17.2 Å². The first-order valence-electron chi connectivity index (χ1n) is 7.15. The summed E-state index contributed by atoms with van der Waals surface area (Å²) in [4.78, 5) is 1.56. The van der Waals surface area contributed by atoms with Crippen LogP contribution in [0.25, 0.3) is 0 Å². The Kier molecular flexibility index (Phi) is 4.77. The van der Waals surface area contributed by atoms with E-state index in [9.17, 15) is 17.2 Å². The Morgan fingerprint density at radius 2 is 1.83 bits per heavy atom. The lowest BCUT2D eigenvalue weighted by atomic mass is 10.3. The number of benzene rings is 1. The van der Waals surface area contributed by atoms with E-state index < -0.39 is 26.6 Å². The van der Waals surface area contributed by atoms with E-state index in [0.717, 1.165) is 24.7 Å². The van der Waals surface area contributed by atoms with E-state index in [1.807, 2.05) is 11.4 Å². The Hall–Kier alpha value is -1.35. The molecule has 1 aromatic heterocycles. The quantitative estimate of drug-likeness (QED) is 0.843. The standard InChI is InChI=1S/C15H16F2N2O2S2/c16-13-1-2-14(17)15(9-13)23(20,21)19-6-4-18(5-7-19)10-12-3-8-22-11-12/h1-3,8-9,11H,4-7,10H2. The van der Waals surface area contributed by atoms with Crippen molar-refractivity contribution in [1.29, 1.82) is 0 Å². The number of rotatable bonds is 4. The second-order valence-corrected chi connectivity index (χ2v) is 8.07. The van der Waals surface area contributed by atoms with Gasteiger partial charge in [-0.2, -0.15) is 15.6 Å². The Morgan fingerprint density at radius 3 is 2.48 bits per heavy atom. The third-order valence-electron chi connectivity index (χ3n) is 3.83. The van der Waals surface area contributed by atoms with Crippen molar-refractivity contribution in [3.63, 3.8) is 0 Å². The van der Waals surface area contributed by atoms with Crippen molar-refractivity contribution in [2.45, 2.75) is 11.4 Å². The summed E-state index contributed by atoms with van der Waals surface area (Å²) < 4.78 is 53.2. The van der Waals surface area contributed by atoms with E-state index in [2.05, 4.69) is 10.3 Å². The molecule has 0 N–H and O–H groups in total. The Bertz CT molecular complexity index is 771. The molecule has 124 valence electrons. The van der Waals surface area contributed by atoms with Crippen molar-refractivity contribution in [3.8, 4) is 0 Å². The largest absolute Gasteiger partial charge is 0.296 e. The van der Waals surface area contributed by atoms with Crippen LogP contribution < -0.4 is 0 Å². The number of sulfonamides is 1. The van der Waals surface area contributed by atoms with Crippen molar-refractivity contribution >= 4 is 21.4 Å². The Morgan fingerprint density at radius 1 is 1.09 bits per heavy atom. The van der Waals surface area contributed by atoms with E-state index >= 15 is 0 Å². The van der Waals surface area contributed by atoms with E-state index in [-0.39, 0.29) is 13.1 Å². The number of piperazine rings is 1. The maximum Gasteiger partial charge on any atom is 0.246 e. The topological polar surface area (TPSA) is 40.6 Å². The molecule has 8 heteroatoms. The molecule has 1 aliphatic rings. The fourth-order valence-electron chi connectivity index (χ4n) is 2.58. The molecule has 2 heterocycles. The second kappa shape index (κ2) is 6.64. The van der Waals surface area contributed by atoms with Gasteiger partial charge in [0.05, 0.1) is 0 Å². The van der Waals surface area contributed by atoms with E-state index in [4.69, 9.17) is 0 Å². The lowest BCUT2D eigenvalue weighted by Crippen LogP contribution is -2.48. The molecular formula is C15H16F2N2O2S2. The fourth-order valence-corrected chi connectivity index (χ4v) is 4.74. The van der Waals surface area contributed by atoms with Crippen LogP contribution in [0.1, 0.15) is 5.56 Å². The van der Waals surface area contributed by atoms with Crippen LogP contribution in [0.15, 0.2) is 39.9 Å². The zero-order valence-corrected chi connectivity index (χ0v) is 13.9. The van der Waals surface area contributed by atoms with Crippen LogP contribution in [0, 0.1) is 11.6 Å². The molecule has 2 aromatic rings. The van der Waals surface area contributed by atoms with Gasteiger partial charge in [-0.25, -0.2) is 17.2 Å². The molecule has 3 rings (SSSR count). The van der Waals surface area contributed by atoms with Crippen molar-refractivity contribution in [2.75, 3.05) is 26.2 Å². The van der Waals surface area contributed by atoms with Gasteiger partial charge >= 0.3 is 0 Å². The summed E-state index contributed by atoms with van der Waals surface area (Å²) in [7, 11) is -4.01. The molecule has 0 aliphatic carbocycles. The van der Waals surface area contributed by atoms with Crippen LogP contribution in [-0.2, 0) is 16.6 Å². The Labute approximate surface area is 138 Å². The molecule has 0 amide bonds. The summed E-state index contributed by atoms with van der Waals surface area (Å²) in [6.45, 7) is 2.43. The minimum Gasteiger partial charge on any atom is -0.296 e. The molecule has 0 spiro atoms. The first-order chi connectivity index (χ1) is 11.0. The molecule has 0 atom stereocenters. The number of hydrogen-bond donors (Lipinski definition) is 0. The van der Waals surface area contributed by atoms with E-state index in [1.165, 1.54) is 9.87 Å². The van der Waals surface area contributed by atoms with Gasteiger partial charge in [-0.15, -0.1) is 0 Å². The van der Waals surface area contributed by atoms with Gasteiger partial charge in [-0.05, 0) is 40.6 Å². The molecule has 1 aromatic carbocycles. The lowest BCUT2D eigenvalue weighted by molar-refractivity contribution is 0.181. The first-order valence-corrected chi connectivity index (χ1v) is 9.54. The summed E-state index contributed by atoms with van der Waals surface area (Å²) in [5, 5.41) is 4.06. The maximum atomic E-state index is 13.8. The second-order valence-electron chi connectivity index (χ2n) is 5.39. The molecule has 0 saturated carbocycles. The molecule has 23 heavy (non-hydrogen) atoms.